The van der Waals surface area contributed by atoms with Crippen LogP contribution in [0, 0.1) is 5.92 Å². The number of nitrogens with zero attached hydrogens (tertiary/aromatic N) is 2. The largest absolute Gasteiger partial charge is 0.379 e. The highest BCUT2D eigenvalue weighted by Crippen LogP contribution is 2.27. The number of piperidine rings is 1. The Morgan fingerprint density at radius 2 is 1.60 bits per heavy atom. The zero-order chi connectivity index (χ0) is 14.0. The lowest BCUT2D eigenvalue weighted by Crippen LogP contribution is -2.51. The van der Waals surface area contributed by atoms with E-state index in [4.69, 9.17) is 4.74 Å². The van der Waals surface area contributed by atoms with E-state index in [0.29, 0.717) is 51.4 Å². The van der Waals surface area contributed by atoms with Gasteiger partial charge in [0.1, 0.15) is 0 Å². The Kier molecular flexibility index (Phi) is 4.62. The number of rotatable bonds is 3. The third-order valence-electron chi connectivity index (χ3n) is 4.79. The van der Waals surface area contributed by atoms with Gasteiger partial charge in [-0.3, -0.25) is 0 Å². The van der Waals surface area contributed by atoms with Gasteiger partial charge in [0, 0.05) is 32.2 Å². The molecule has 3 heterocycles. The van der Waals surface area contributed by atoms with Gasteiger partial charge < -0.3 is 10.1 Å². The third-order valence-corrected chi connectivity index (χ3v) is 6.82. The van der Waals surface area contributed by atoms with E-state index in [-0.39, 0.29) is 0 Å². The Labute approximate surface area is 121 Å². The summed E-state index contributed by atoms with van der Waals surface area (Å²) in [5.74, 6) is 0.647. The lowest BCUT2D eigenvalue weighted by molar-refractivity contribution is 0.0691. The Morgan fingerprint density at radius 1 is 0.950 bits per heavy atom. The van der Waals surface area contributed by atoms with Crippen molar-refractivity contribution in [3.63, 3.8) is 0 Å². The van der Waals surface area contributed by atoms with Gasteiger partial charge >= 0.3 is 0 Å². The SMILES string of the molecule is O=S(=O)(N1CCOCC1)N1CCC(C2CCCN2)CC1. The first-order valence-electron chi connectivity index (χ1n) is 7.74. The smallest absolute Gasteiger partial charge is 0.282 e. The Balaban J connectivity index is 1.56. The van der Waals surface area contributed by atoms with Crippen molar-refractivity contribution in [2.75, 3.05) is 45.9 Å². The summed E-state index contributed by atoms with van der Waals surface area (Å²) >= 11 is 0. The van der Waals surface area contributed by atoms with Crippen LogP contribution >= 0.6 is 0 Å². The van der Waals surface area contributed by atoms with Gasteiger partial charge in [0.25, 0.3) is 10.2 Å². The van der Waals surface area contributed by atoms with Gasteiger partial charge in [0.2, 0.25) is 0 Å². The summed E-state index contributed by atoms with van der Waals surface area (Å²) in [6, 6.07) is 0.614. The van der Waals surface area contributed by atoms with Crippen LogP contribution in [0.1, 0.15) is 25.7 Å². The van der Waals surface area contributed by atoms with Crippen molar-refractivity contribution in [2.24, 2.45) is 5.92 Å². The molecular formula is C13H25N3O3S. The quantitative estimate of drug-likeness (QED) is 0.799. The van der Waals surface area contributed by atoms with Crippen LogP contribution in [-0.4, -0.2) is 69.0 Å². The lowest BCUT2D eigenvalue weighted by Gasteiger charge is -2.37. The molecule has 3 aliphatic heterocycles. The molecule has 3 saturated heterocycles. The molecule has 0 saturated carbocycles. The average Bonchev–Trinajstić information content (AvgIpc) is 3.02. The van der Waals surface area contributed by atoms with Gasteiger partial charge in [-0.15, -0.1) is 0 Å². The number of hydrogen-bond acceptors (Lipinski definition) is 4. The standard InChI is InChI=1S/C13H25N3O3S/c17-20(18,16-8-10-19-11-9-16)15-6-3-12(4-7-15)13-2-1-5-14-13/h12-14H,1-11H2. The van der Waals surface area contributed by atoms with E-state index in [0.717, 1.165) is 19.4 Å². The highest BCUT2D eigenvalue weighted by atomic mass is 32.2. The summed E-state index contributed by atoms with van der Waals surface area (Å²) < 4.78 is 33.6. The van der Waals surface area contributed by atoms with Crippen LogP contribution in [0.3, 0.4) is 0 Å². The van der Waals surface area contributed by atoms with Gasteiger partial charge in [-0.05, 0) is 38.1 Å². The second-order valence-electron chi connectivity index (χ2n) is 5.96. The molecule has 0 radical (unpaired) electrons. The van der Waals surface area contributed by atoms with Gasteiger partial charge in [0.05, 0.1) is 13.2 Å². The van der Waals surface area contributed by atoms with Gasteiger partial charge in [-0.25, -0.2) is 0 Å². The van der Waals surface area contributed by atoms with E-state index in [1.807, 2.05) is 0 Å². The van der Waals surface area contributed by atoms with Gasteiger partial charge in [-0.2, -0.15) is 17.0 Å². The maximum Gasteiger partial charge on any atom is 0.282 e. The molecule has 20 heavy (non-hydrogen) atoms. The second-order valence-corrected chi connectivity index (χ2v) is 7.89. The highest BCUT2D eigenvalue weighted by Gasteiger charge is 2.36. The summed E-state index contributed by atoms with van der Waals surface area (Å²) in [6.07, 6.45) is 4.49. The number of hydrogen-bond donors (Lipinski definition) is 1. The fourth-order valence-corrected chi connectivity index (χ4v) is 5.17. The molecule has 3 fully saturated rings. The van der Waals surface area contributed by atoms with E-state index in [9.17, 15) is 8.42 Å². The first-order chi connectivity index (χ1) is 9.68. The summed E-state index contributed by atoms with van der Waals surface area (Å²) in [5.41, 5.74) is 0. The number of morpholine rings is 1. The maximum absolute atomic E-state index is 12.5. The lowest BCUT2D eigenvalue weighted by atomic mass is 9.89. The predicted octanol–water partition coefficient (Wildman–Crippen LogP) is 0.0274. The second kappa shape index (κ2) is 6.27. The topological polar surface area (TPSA) is 61.9 Å². The summed E-state index contributed by atoms with van der Waals surface area (Å²) in [7, 11) is -3.27. The zero-order valence-electron chi connectivity index (χ0n) is 12.0. The van der Waals surface area contributed by atoms with E-state index in [1.54, 1.807) is 8.61 Å². The minimum atomic E-state index is -3.27. The highest BCUT2D eigenvalue weighted by molar-refractivity contribution is 7.86. The molecule has 6 nitrogen and oxygen atoms in total. The van der Waals surface area contributed by atoms with Crippen LogP contribution in [0.25, 0.3) is 0 Å². The van der Waals surface area contributed by atoms with Crippen LogP contribution < -0.4 is 5.32 Å². The van der Waals surface area contributed by atoms with Crippen LogP contribution in [0.4, 0.5) is 0 Å². The molecule has 3 aliphatic rings. The van der Waals surface area contributed by atoms with Crippen LogP contribution in [0.5, 0.6) is 0 Å². The van der Waals surface area contributed by atoms with E-state index >= 15 is 0 Å². The molecule has 1 N–H and O–H groups in total. The van der Waals surface area contributed by atoms with E-state index in [1.165, 1.54) is 12.8 Å². The molecule has 116 valence electrons. The molecule has 0 aliphatic carbocycles. The van der Waals surface area contributed by atoms with Crippen molar-refractivity contribution in [3.8, 4) is 0 Å². The number of nitrogens with one attached hydrogen (secondary N) is 1. The van der Waals surface area contributed by atoms with Gasteiger partial charge in [-0.1, -0.05) is 0 Å². The fraction of sp³-hybridized carbons (Fsp3) is 1.00. The van der Waals surface area contributed by atoms with Crippen LogP contribution in [0.2, 0.25) is 0 Å². The molecule has 1 atom stereocenters. The Hall–Kier alpha value is -0.210. The van der Waals surface area contributed by atoms with Crippen molar-refractivity contribution in [2.45, 2.75) is 31.7 Å². The maximum atomic E-state index is 12.5. The molecule has 7 heteroatoms. The molecule has 1 unspecified atom stereocenters. The molecule has 0 bridgehead atoms. The molecule has 0 spiro atoms. The Bertz CT molecular complexity index is 409. The normalized spacial score (nSPS) is 31.7. The molecule has 0 aromatic carbocycles. The molecule has 3 rings (SSSR count). The molecular weight excluding hydrogens is 278 g/mol. The minimum absolute atomic E-state index is 0.493. The summed E-state index contributed by atoms with van der Waals surface area (Å²) in [5, 5.41) is 3.55. The molecule has 0 amide bonds. The van der Waals surface area contributed by atoms with Crippen molar-refractivity contribution < 1.29 is 13.2 Å². The monoisotopic (exact) mass is 303 g/mol. The molecule has 0 aromatic rings. The first kappa shape index (κ1) is 14.7. The predicted molar refractivity (Wildman–Crippen MR) is 76.6 cm³/mol. The van der Waals surface area contributed by atoms with Crippen molar-refractivity contribution >= 4 is 10.2 Å². The third kappa shape index (κ3) is 3.01. The van der Waals surface area contributed by atoms with E-state index in [2.05, 4.69) is 5.32 Å². The van der Waals surface area contributed by atoms with Crippen molar-refractivity contribution in [1.82, 2.24) is 13.9 Å². The van der Waals surface area contributed by atoms with Crippen molar-refractivity contribution in [1.29, 1.82) is 0 Å². The number of ether oxygens (including phenoxy) is 1. The van der Waals surface area contributed by atoms with Crippen LogP contribution in [-0.2, 0) is 14.9 Å². The molecule has 0 aromatic heterocycles. The minimum Gasteiger partial charge on any atom is -0.379 e. The summed E-state index contributed by atoms with van der Waals surface area (Å²) in [6.45, 7) is 4.48. The average molecular weight is 303 g/mol. The van der Waals surface area contributed by atoms with Crippen LogP contribution in [0.15, 0.2) is 0 Å². The van der Waals surface area contributed by atoms with E-state index < -0.39 is 10.2 Å². The van der Waals surface area contributed by atoms with Gasteiger partial charge in [0.15, 0.2) is 0 Å². The van der Waals surface area contributed by atoms with Crippen molar-refractivity contribution in [3.05, 3.63) is 0 Å². The fourth-order valence-electron chi connectivity index (χ4n) is 3.56. The first-order valence-corrected chi connectivity index (χ1v) is 9.14. The zero-order valence-corrected chi connectivity index (χ0v) is 12.8. The summed E-state index contributed by atoms with van der Waals surface area (Å²) in [4.78, 5) is 0. The Morgan fingerprint density at radius 3 is 2.20 bits per heavy atom.